The number of nitrogens with zero attached hydrogens (tertiary/aromatic N) is 3. The summed E-state index contributed by atoms with van der Waals surface area (Å²) in [7, 11) is 0. The number of ether oxygens (including phenoxy) is 1. The number of pyridine rings is 1. The van der Waals surface area contributed by atoms with Gasteiger partial charge in [0.25, 0.3) is 0 Å². The molecule has 0 saturated heterocycles. The maximum atomic E-state index is 5.79. The summed E-state index contributed by atoms with van der Waals surface area (Å²) in [6.07, 6.45) is 11.6. The average Bonchev–Trinajstić information content (AvgIpc) is 3.33. The molecule has 1 aliphatic rings. The lowest BCUT2D eigenvalue weighted by molar-refractivity contribution is 0.314. The zero-order chi connectivity index (χ0) is 31.7. The third kappa shape index (κ3) is 11.8. The van der Waals surface area contributed by atoms with Gasteiger partial charge in [0.2, 0.25) is 0 Å². The van der Waals surface area contributed by atoms with E-state index in [1.165, 1.54) is 41.7 Å². The van der Waals surface area contributed by atoms with Gasteiger partial charge in [-0.1, -0.05) is 86.4 Å². The molecule has 0 atom stereocenters. The van der Waals surface area contributed by atoms with Crippen LogP contribution >= 0.6 is 0 Å². The maximum Gasteiger partial charge on any atom is 0.200 e. The van der Waals surface area contributed by atoms with Gasteiger partial charge in [0.15, 0.2) is 11.6 Å². The first-order chi connectivity index (χ1) is 20.0. The lowest BCUT2D eigenvalue weighted by atomic mass is 9.74. The molecule has 0 radical (unpaired) electrons. The van der Waals surface area contributed by atoms with Crippen molar-refractivity contribution in [2.75, 3.05) is 12.3 Å². The highest BCUT2D eigenvalue weighted by Crippen LogP contribution is 2.41. The molecule has 232 valence electrons. The molecule has 0 aliphatic heterocycles. The van der Waals surface area contributed by atoms with Crippen LogP contribution in [0, 0.1) is 5.41 Å². The maximum absolute atomic E-state index is 5.79. The van der Waals surface area contributed by atoms with Crippen molar-refractivity contribution in [3.63, 3.8) is 0 Å². The summed E-state index contributed by atoms with van der Waals surface area (Å²) in [5.41, 5.74) is 14.7. The van der Waals surface area contributed by atoms with Crippen LogP contribution in [0.25, 0.3) is 22.3 Å². The molecule has 1 aliphatic carbocycles. The van der Waals surface area contributed by atoms with Crippen LogP contribution in [0.3, 0.4) is 0 Å². The third-order valence-corrected chi connectivity index (χ3v) is 6.43. The van der Waals surface area contributed by atoms with E-state index >= 15 is 0 Å². The number of imidazole rings is 1. The minimum absolute atomic E-state index is 0.386. The lowest BCUT2D eigenvalue weighted by Crippen LogP contribution is -2.18. The van der Waals surface area contributed by atoms with Gasteiger partial charge in [-0.25, -0.2) is 4.98 Å². The predicted octanol–water partition coefficient (Wildman–Crippen LogP) is 10.5. The number of aliphatic imine (C=N–C) groups is 1. The number of hydrogen-bond acceptors (Lipinski definition) is 5. The van der Waals surface area contributed by atoms with Crippen molar-refractivity contribution in [3.8, 4) is 16.9 Å². The minimum atomic E-state index is 0.386. The summed E-state index contributed by atoms with van der Waals surface area (Å²) in [4.78, 5) is 15.9. The van der Waals surface area contributed by atoms with Gasteiger partial charge < -0.3 is 15.5 Å². The Balaban J connectivity index is 0.000000379. The summed E-state index contributed by atoms with van der Waals surface area (Å²) >= 11 is 0. The van der Waals surface area contributed by atoms with Crippen molar-refractivity contribution in [2.45, 2.75) is 114 Å². The van der Waals surface area contributed by atoms with Crippen LogP contribution in [0.15, 0.2) is 58.9 Å². The van der Waals surface area contributed by atoms with E-state index in [1.54, 1.807) is 0 Å². The van der Waals surface area contributed by atoms with Crippen molar-refractivity contribution < 1.29 is 4.74 Å². The van der Waals surface area contributed by atoms with E-state index < -0.39 is 0 Å². The van der Waals surface area contributed by atoms with Gasteiger partial charge in [-0.05, 0) is 86.3 Å². The molecule has 0 bridgehead atoms. The lowest BCUT2D eigenvalue weighted by Gasteiger charge is -2.32. The highest BCUT2D eigenvalue weighted by molar-refractivity contribution is 5.79. The second kappa shape index (κ2) is 18.9. The number of allylic oxidation sites excluding steroid dienone is 3. The number of rotatable bonds is 7. The molecule has 0 unspecified atom stereocenters. The molecule has 0 saturated carbocycles. The SMILES string of the molecule is C=C(C)C1=C(N=CC)CCC(C)(C)C1.CCC.CCC.CCCOc1ccc(-c2cnc3nc(N)[nH]c3c2)cc1CC. The highest BCUT2D eigenvalue weighted by Gasteiger charge is 2.26. The summed E-state index contributed by atoms with van der Waals surface area (Å²) in [5, 5.41) is 0. The van der Waals surface area contributed by atoms with Crippen molar-refractivity contribution >= 4 is 23.3 Å². The topological polar surface area (TPSA) is 89.2 Å². The Morgan fingerprint density at radius 2 is 1.76 bits per heavy atom. The monoisotopic (exact) mass is 575 g/mol. The van der Waals surface area contributed by atoms with E-state index in [0.29, 0.717) is 17.0 Å². The molecule has 2 aromatic heterocycles. The Morgan fingerprint density at radius 1 is 1.10 bits per heavy atom. The van der Waals surface area contributed by atoms with Crippen molar-refractivity contribution in [3.05, 3.63) is 59.4 Å². The molecule has 0 fully saturated rings. The largest absolute Gasteiger partial charge is 0.493 e. The van der Waals surface area contributed by atoms with Gasteiger partial charge in [-0.3, -0.25) is 4.99 Å². The molecular weight excluding hydrogens is 518 g/mol. The Labute approximate surface area is 256 Å². The normalized spacial score (nSPS) is 13.9. The van der Waals surface area contributed by atoms with E-state index in [4.69, 9.17) is 10.5 Å². The van der Waals surface area contributed by atoms with Gasteiger partial charge >= 0.3 is 0 Å². The molecule has 6 nitrogen and oxygen atoms in total. The average molecular weight is 576 g/mol. The number of H-pyrrole nitrogens is 1. The molecule has 3 N–H and O–H groups in total. The van der Waals surface area contributed by atoms with Crippen LogP contribution in [-0.2, 0) is 6.42 Å². The fourth-order valence-electron chi connectivity index (χ4n) is 4.44. The van der Waals surface area contributed by atoms with Gasteiger partial charge in [0.1, 0.15) is 5.75 Å². The highest BCUT2D eigenvalue weighted by atomic mass is 16.5. The molecule has 2 heterocycles. The van der Waals surface area contributed by atoms with Crippen LogP contribution in [0.4, 0.5) is 5.95 Å². The summed E-state index contributed by atoms with van der Waals surface area (Å²) < 4.78 is 5.79. The number of nitrogens with one attached hydrogen (secondary N) is 1. The molecule has 6 heteroatoms. The predicted molar refractivity (Wildman–Crippen MR) is 184 cm³/mol. The van der Waals surface area contributed by atoms with Gasteiger partial charge in [0, 0.05) is 23.7 Å². The quantitative estimate of drug-likeness (QED) is 0.274. The summed E-state index contributed by atoms with van der Waals surface area (Å²) in [5.74, 6) is 1.35. The Morgan fingerprint density at radius 3 is 2.33 bits per heavy atom. The number of nitrogen functional groups attached to an aromatic ring is 1. The molecule has 4 rings (SSSR count). The van der Waals surface area contributed by atoms with Crippen LogP contribution < -0.4 is 10.5 Å². The first-order valence-electron chi connectivity index (χ1n) is 15.7. The van der Waals surface area contributed by atoms with E-state index in [0.717, 1.165) is 54.7 Å². The number of hydrogen-bond donors (Lipinski definition) is 2. The Bertz CT molecular complexity index is 1300. The fourth-order valence-corrected chi connectivity index (χ4v) is 4.44. The van der Waals surface area contributed by atoms with E-state index in [-0.39, 0.29) is 0 Å². The first kappa shape index (κ1) is 36.6. The standard InChI is InChI=1S/C17H20N4O.C13H21N.2C3H8/c1-3-7-22-15-6-5-12(8-11(15)4-2)13-9-14-16(19-10-13)21-17(18)20-14;1-6-14-12-7-8-13(4,5)9-11(12)10(2)3;2*1-3-2/h5-6,8-10H,3-4,7H2,1-2H3,(H3,18,19,20,21);6H,2,7-9H2,1,3-5H3;2*3H2,1-2H3. The van der Waals surface area contributed by atoms with E-state index in [2.05, 4.69) is 101 Å². The summed E-state index contributed by atoms with van der Waals surface area (Å²) in [6.45, 7) is 26.2. The Kier molecular flexibility index (Phi) is 16.5. The second-order valence-electron chi connectivity index (χ2n) is 11.6. The fraction of sp³-hybridized carbons (Fsp3) is 0.528. The van der Waals surface area contributed by atoms with Gasteiger partial charge in [0.05, 0.1) is 12.1 Å². The molecule has 1 aromatic carbocycles. The van der Waals surface area contributed by atoms with Crippen LogP contribution in [0.1, 0.15) is 113 Å². The molecule has 0 spiro atoms. The zero-order valence-corrected chi connectivity index (χ0v) is 28.2. The van der Waals surface area contributed by atoms with E-state index in [9.17, 15) is 0 Å². The number of aromatic nitrogens is 3. The number of anilines is 1. The molecule has 3 aromatic rings. The van der Waals surface area contributed by atoms with Crippen LogP contribution in [0.2, 0.25) is 0 Å². The number of fused-ring (bicyclic) bond motifs is 1. The van der Waals surface area contributed by atoms with Crippen LogP contribution in [-0.4, -0.2) is 27.8 Å². The zero-order valence-electron chi connectivity index (χ0n) is 28.2. The minimum Gasteiger partial charge on any atom is -0.493 e. The van der Waals surface area contributed by atoms with Crippen molar-refractivity contribution in [1.82, 2.24) is 15.0 Å². The van der Waals surface area contributed by atoms with Crippen LogP contribution in [0.5, 0.6) is 5.75 Å². The number of aromatic amines is 1. The number of aryl methyl sites for hydroxylation is 1. The van der Waals surface area contributed by atoms with Gasteiger partial charge in [-0.2, -0.15) is 4.98 Å². The summed E-state index contributed by atoms with van der Waals surface area (Å²) in [6, 6.07) is 8.28. The number of benzene rings is 1. The Hall–Kier alpha value is -3.41. The number of nitrogens with two attached hydrogens (primary N) is 1. The smallest absolute Gasteiger partial charge is 0.200 e. The molecular formula is C36H57N5O. The molecule has 42 heavy (non-hydrogen) atoms. The first-order valence-corrected chi connectivity index (χ1v) is 15.7. The van der Waals surface area contributed by atoms with Gasteiger partial charge in [-0.15, -0.1) is 0 Å². The van der Waals surface area contributed by atoms with E-state index in [1.807, 2.05) is 31.5 Å². The van der Waals surface area contributed by atoms with Crippen molar-refractivity contribution in [1.29, 1.82) is 0 Å². The third-order valence-electron chi connectivity index (χ3n) is 6.43. The van der Waals surface area contributed by atoms with Crippen molar-refractivity contribution in [2.24, 2.45) is 10.4 Å². The molecule has 0 amide bonds. The second-order valence-corrected chi connectivity index (χ2v) is 11.6.